The molecule has 0 fully saturated rings. The summed E-state index contributed by atoms with van der Waals surface area (Å²) >= 11 is 0. The number of anilines is 1. The summed E-state index contributed by atoms with van der Waals surface area (Å²) in [5.41, 5.74) is 2.47. The second kappa shape index (κ2) is 7.11. The lowest BCUT2D eigenvalue weighted by Crippen LogP contribution is -2.26. The Labute approximate surface area is 123 Å². The highest BCUT2D eigenvalue weighted by Crippen LogP contribution is 2.19. The van der Waals surface area contributed by atoms with Crippen LogP contribution in [0.5, 0.6) is 0 Å². The highest BCUT2D eigenvalue weighted by molar-refractivity contribution is 5.67. The van der Waals surface area contributed by atoms with Gasteiger partial charge in [-0.3, -0.25) is 4.79 Å². The van der Waals surface area contributed by atoms with Gasteiger partial charge in [-0.25, -0.2) is 0 Å². The SMILES string of the molecule is N#Cc1ccccc1CN(CCC(=O)O)c1ccccc1. The minimum atomic E-state index is -0.829. The Morgan fingerprint density at radius 2 is 1.76 bits per heavy atom. The zero-order chi connectivity index (χ0) is 15.1. The van der Waals surface area contributed by atoms with Gasteiger partial charge >= 0.3 is 5.97 Å². The van der Waals surface area contributed by atoms with Crippen LogP contribution < -0.4 is 4.90 Å². The molecule has 4 heteroatoms. The van der Waals surface area contributed by atoms with Gasteiger partial charge < -0.3 is 10.0 Å². The normalized spacial score (nSPS) is 9.86. The molecule has 1 N–H and O–H groups in total. The number of para-hydroxylation sites is 1. The number of nitriles is 1. The Kier molecular flexibility index (Phi) is 4.94. The van der Waals surface area contributed by atoms with E-state index in [0.717, 1.165) is 11.3 Å². The zero-order valence-electron chi connectivity index (χ0n) is 11.6. The molecule has 2 aromatic rings. The maximum atomic E-state index is 10.8. The minimum Gasteiger partial charge on any atom is -0.481 e. The van der Waals surface area contributed by atoms with Crippen LogP contribution in [0.3, 0.4) is 0 Å². The fourth-order valence-corrected chi connectivity index (χ4v) is 2.14. The van der Waals surface area contributed by atoms with E-state index in [1.807, 2.05) is 53.4 Å². The molecule has 0 radical (unpaired) electrons. The Balaban J connectivity index is 2.24. The number of aliphatic carboxylic acids is 1. The van der Waals surface area contributed by atoms with Crippen molar-refractivity contribution >= 4 is 11.7 Å². The number of carboxylic acids is 1. The molecule has 0 amide bonds. The average Bonchev–Trinajstić information content (AvgIpc) is 2.52. The molecule has 4 nitrogen and oxygen atoms in total. The summed E-state index contributed by atoms with van der Waals surface area (Å²) in [6.07, 6.45) is 0.0591. The molecule has 0 aliphatic rings. The quantitative estimate of drug-likeness (QED) is 0.883. The smallest absolute Gasteiger partial charge is 0.305 e. The van der Waals surface area contributed by atoms with Gasteiger partial charge in [0.25, 0.3) is 0 Å². The van der Waals surface area contributed by atoms with Gasteiger partial charge in [-0.2, -0.15) is 5.26 Å². The van der Waals surface area contributed by atoms with Crippen molar-refractivity contribution in [2.45, 2.75) is 13.0 Å². The van der Waals surface area contributed by atoms with Gasteiger partial charge in [0.1, 0.15) is 0 Å². The van der Waals surface area contributed by atoms with E-state index in [1.165, 1.54) is 0 Å². The summed E-state index contributed by atoms with van der Waals surface area (Å²) in [6.45, 7) is 0.917. The molecule has 0 saturated carbocycles. The van der Waals surface area contributed by atoms with E-state index in [2.05, 4.69) is 6.07 Å². The van der Waals surface area contributed by atoms with Crippen molar-refractivity contribution in [3.05, 3.63) is 65.7 Å². The second-order valence-electron chi connectivity index (χ2n) is 4.67. The van der Waals surface area contributed by atoms with Crippen molar-refractivity contribution in [2.24, 2.45) is 0 Å². The first-order chi connectivity index (χ1) is 10.2. The van der Waals surface area contributed by atoms with Crippen LogP contribution in [0, 0.1) is 11.3 Å². The van der Waals surface area contributed by atoms with Crippen LogP contribution in [0.2, 0.25) is 0 Å². The van der Waals surface area contributed by atoms with Gasteiger partial charge in [-0.1, -0.05) is 36.4 Å². The van der Waals surface area contributed by atoms with Crippen LogP contribution in [0.15, 0.2) is 54.6 Å². The van der Waals surface area contributed by atoms with Gasteiger partial charge in [0.2, 0.25) is 0 Å². The van der Waals surface area contributed by atoms with Crippen LogP contribution in [-0.4, -0.2) is 17.6 Å². The fraction of sp³-hybridized carbons (Fsp3) is 0.176. The molecular formula is C17H16N2O2. The molecule has 2 aromatic carbocycles. The predicted molar refractivity (Wildman–Crippen MR) is 80.9 cm³/mol. The first-order valence-corrected chi connectivity index (χ1v) is 6.70. The number of benzene rings is 2. The van der Waals surface area contributed by atoms with E-state index in [1.54, 1.807) is 6.07 Å². The lowest BCUT2D eigenvalue weighted by Gasteiger charge is -2.24. The van der Waals surface area contributed by atoms with Crippen LogP contribution in [0.25, 0.3) is 0 Å². The number of hydrogen-bond donors (Lipinski definition) is 1. The largest absolute Gasteiger partial charge is 0.481 e. The molecule has 0 atom stereocenters. The zero-order valence-corrected chi connectivity index (χ0v) is 11.6. The van der Waals surface area contributed by atoms with Gasteiger partial charge in [0.05, 0.1) is 18.1 Å². The molecule has 0 spiro atoms. The third-order valence-electron chi connectivity index (χ3n) is 3.22. The summed E-state index contributed by atoms with van der Waals surface area (Å²) in [4.78, 5) is 12.8. The van der Waals surface area contributed by atoms with E-state index in [-0.39, 0.29) is 6.42 Å². The monoisotopic (exact) mass is 280 g/mol. The van der Waals surface area contributed by atoms with Gasteiger partial charge in [-0.05, 0) is 23.8 Å². The molecule has 2 rings (SSSR count). The summed E-state index contributed by atoms with van der Waals surface area (Å²) < 4.78 is 0. The highest BCUT2D eigenvalue weighted by Gasteiger charge is 2.11. The molecule has 21 heavy (non-hydrogen) atoms. The van der Waals surface area contributed by atoms with E-state index in [9.17, 15) is 4.79 Å². The van der Waals surface area contributed by atoms with Crippen LogP contribution in [0.4, 0.5) is 5.69 Å². The molecule has 0 aromatic heterocycles. The summed E-state index contributed by atoms with van der Waals surface area (Å²) in [6, 6.07) is 19.2. The summed E-state index contributed by atoms with van der Waals surface area (Å²) in [7, 11) is 0. The van der Waals surface area contributed by atoms with E-state index in [4.69, 9.17) is 10.4 Å². The maximum absolute atomic E-state index is 10.8. The molecular weight excluding hydrogens is 264 g/mol. The average molecular weight is 280 g/mol. The highest BCUT2D eigenvalue weighted by atomic mass is 16.4. The third kappa shape index (κ3) is 4.08. The van der Waals surface area contributed by atoms with Gasteiger partial charge in [-0.15, -0.1) is 0 Å². The Hall–Kier alpha value is -2.80. The Morgan fingerprint density at radius 1 is 1.10 bits per heavy atom. The number of rotatable bonds is 6. The van der Waals surface area contributed by atoms with Crippen molar-refractivity contribution in [1.82, 2.24) is 0 Å². The Morgan fingerprint density at radius 3 is 2.43 bits per heavy atom. The molecule has 106 valence electrons. The topological polar surface area (TPSA) is 64.3 Å². The minimum absolute atomic E-state index is 0.0591. The number of nitrogens with zero attached hydrogens (tertiary/aromatic N) is 2. The van der Waals surface area contributed by atoms with Crippen molar-refractivity contribution < 1.29 is 9.90 Å². The van der Waals surface area contributed by atoms with Crippen LogP contribution in [0.1, 0.15) is 17.5 Å². The first-order valence-electron chi connectivity index (χ1n) is 6.70. The van der Waals surface area contributed by atoms with Crippen molar-refractivity contribution in [1.29, 1.82) is 5.26 Å². The van der Waals surface area contributed by atoms with Crippen LogP contribution in [-0.2, 0) is 11.3 Å². The lowest BCUT2D eigenvalue weighted by molar-refractivity contribution is -0.136. The number of carbonyl (C=O) groups is 1. The molecule has 0 heterocycles. The first kappa shape index (κ1) is 14.6. The summed E-state index contributed by atoms with van der Waals surface area (Å²) in [5, 5.41) is 18.1. The van der Waals surface area contributed by atoms with Crippen molar-refractivity contribution in [2.75, 3.05) is 11.4 Å². The standard InChI is InChI=1S/C17H16N2O2/c18-12-14-6-4-5-7-15(14)13-19(11-10-17(20)21)16-8-2-1-3-9-16/h1-9H,10-11,13H2,(H,20,21). The summed E-state index contributed by atoms with van der Waals surface area (Å²) in [5.74, 6) is -0.829. The second-order valence-corrected chi connectivity index (χ2v) is 4.67. The van der Waals surface area contributed by atoms with Crippen molar-refractivity contribution in [3.8, 4) is 6.07 Å². The van der Waals surface area contributed by atoms with E-state index in [0.29, 0.717) is 18.7 Å². The molecule has 0 aliphatic carbocycles. The lowest BCUT2D eigenvalue weighted by atomic mass is 10.1. The fourth-order valence-electron chi connectivity index (χ4n) is 2.14. The van der Waals surface area contributed by atoms with Gasteiger partial charge in [0, 0.05) is 18.8 Å². The van der Waals surface area contributed by atoms with Crippen LogP contribution >= 0.6 is 0 Å². The number of hydrogen-bond acceptors (Lipinski definition) is 3. The third-order valence-corrected chi connectivity index (χ3v) is 3.22. The van der Waals surface area contributed by atoms with E-state index >= 15 is 0 Å². The molecule has 0 unspecified atom stereocenters. The molecule has 0 bridgehead atoms. The van der Waals surface area contributed by atoms with Crippen molar-refractivity contribution in [3.63, 3.8) is 0 Å². The van der Waals surface area contributed by atoms with Gasteiger partial charge in [0.15, 0.2) is 0 Å². The molecule has 0 saturated heterocycles. The van der Waals surface area contributed by atoms with E-state index < -0.39 is 5.97 Å². The predicted octanol–water partition coefficient (Wildman–Crippen LogP) is 3.04. The number of carboxylic acid groups (broad SMARTS) is 1. The molecule has 0 aliphatic heterocycles. The maximum Gasteiger partial charge on any atom is 0.305 e. The Bertz CT molecular complexity index is 647.